The summed E-state index contributed by atoms with van der Waals surface area (Å²) < 4.78 is 10.1. The molecular weight excluding hydrogens is 300 g/mol. The lowest BCUT2D eigenvalue weighted by Gasteiger charge is -2.34. The zero-order valence-corrected chi connectivity index (χ0v) is 14.6. The van der Waals surface area contributed by atoms with Crippen LogP contribution in [0.1, 0.15) is 33.6 Å². The van der Waals surface area contributed by atoms with E-state index in [4.69, 9.17) is 9.47 Å². The van der Waals surface area contributed by atoms with Crippen LogP contribution in [0, 0.1) is 11.8 Å². The fraction of sp³-hybridized carbons (Fsp3) is 0.875. The van der Waals surface area contributed by atoms with Gasteiger partial charge in [-0.1, -0.05) is 13.8 Å². The van der Waals surface area contributed by atoms with Crippen LogP contribution in [0.4, 0.5) is 4.79 Å². The maximum Gasteiger partial charge on any atom is 0.409 e. The smallest absolute Gasteiger partial charge is 0.409 e. The predicted octanol–water partition coefficient (Wildman–Crippen LogP) is 1.00. The molecule has 0 saturated carbocycles. The Balaban J connectivity index is 2.67. The van der Waals surface area contributed by atoms with Crippen LogP contribution in [0.15, 0.2) is 0 Å². The number of hydrogen-bond acceptors (Lipinski definition) is 5. The minimum absolute atomic E-state index is 0.288. The van der Waals surface area contributed by atoms with Gasteiger partial charge in [0.25, 0.3) is 5.91 Å². The highest BCUT2D eigenvalue weighted by molar-refractivity contribution is 5.82. The highest BCUT2D eigenvalue weighted by Crippen LogP contribution is 2.19. The molecule has 1 aliphatic rings. The third-order valence-corrected chi connectivity index (χ3v) is 4.11. The number of aliphatic hydroxyl groups excluding tert-OH is 1. The van der Waals surface area contributed by atoms with Crippen molar-refractivity contribution in [3.63, 3.8) is 0 Å². The van der Waals surface area contributed by atoms with Gasteiger partial charge in [-0.2, -0.15) is 0 Å². The molecule has 0 spiro atoms. The molecule has 2 atom stereocenters. The average Bonchev–Trinajstić information content (AvgIpc) is 2.56. The van der Waals surface area contributed by atoms with Crippen LogP contribution in [0.3, 0.4) is 0 Å². The lowest BCUT2D eigenvalue weighted by Crippen LogP contribution is -2.53. The molecule has 1 rings (SSSR count). The van der Waals surface area contributed by atoms with Gasteiger partial charge >= 0.3 is 6.09 Å². The first kappa shape index (κ1) is 19.7. The normalized spacial score (nSPS) is 18.3. The molecule has 1 saturated heterocycles. The summed E-state index contributed by atoms with van der Waals surface area (Å²) in [6, 6.07) is -0.655. The molecule has 0 aliphatic carbocycles. The van der Waals surface area contributed by atoms with Crippen molar-refractivity contribution in [1.82, 2.24) is 10.2 Å². The van der Waals surface area contributed by atoms with Gasteiger partial charge in [0.15, 0.2) is 6.10 Å². The van der Waals surface area contributed by atoms with E-state index < -0.39 is 24.1 Å². The molecule has 2 amide bonds. The second-order valence-electron chi connectivity index (χ2n) is 6.50. The second-order valence-corrected chi connectivity index (χ2v) is 6.50. The van der Waals surface area contributed by atoms with Gasteiger partial charge in [-0.3, -0.25) is 4.79 Å². The number of ether oxygens (including phenoxy) is 2. The van der Waals surface area contributed by atoms with E-state index >= 15 is 0 Å². The highest BCUT2D eigenvalue weighted by atomic mass is 16.5. The zero-order chi connectivity index (χ0) is 17.4. The lowest BCUT2D eigenvalue weighted by molar-refractivity contribution is -0.132. The molecule has 1 heterocycles. The Labute approximate surface area is 138 Å². The Morgan fingerprint density at radius 3 is 2.43 bits per heavy atom. The van der Waals surface area contributed by atoms with Gasteiger partial charge in [0, 0.05) is 26.3 Å². The Kier molecular flexibility index (Phi) is 8.33. The molecule has 0 aromatic carbocycles. The third kappa shape index (κ3) is 6.35. The summed E-state index contributed by atoms with van der Waals surface area (Å²) in [5.41, 5.74) is 0. The molecule has 7 heteroatoms. The summed E-state index contributed by atoms with van der Waals surface area (Å²) in [7, 11) is 1.30. The van der Waals surface area contributed by atoms with Crippen LogP contribution < -0.4 is 5.32 Å². The van der Waals surface area contributed by atoms with Crippen LogP contribution in [0.25, 0.3) is 0 Å². The van der Waals surface area contributed by atoms with Gasteiger partial charge in [0.1, 0.15) is 0 Å². The van der Waals surface area contributed by atoms with Crippen molar-refractivity contribution in [3.8, 4) is 0 Å². The lowest BCUT2D eigenvalue weighted by atomic mass is 9.98. The van der Waals surface area contributed by atoms with Crippen LogP contribution in [-0.4, -0.2) is 67.6 Å². The van der Waals surface area contributed by atoms with E-state index in [1.165, 1.54) is 12.0 Å². The number of carbonyl (C=O) groups excluding carboxylic acids is 2. The minimum atomic E-state index is -1.28. The molecule has 23 heavy (non-hydrogen) atoms. The molecule has 2 N–H and O–H groups in total. The quantitative estimate of drug-likeness (QED) is 0.727. The van der Waals surface area contributed by atoms with E-state index in [2.05, 4.69) is 5.32 Å². The van der Waals surface area contributed by atoms with Crippen LogP contribution in [0.2, 0.25) is 0 Å². The van der Waals surface area contributed by atoms with E-state index in [9.17, 15) is 14.7 Å². The van der Waals surface area contributed by atoms with Crippen molar-refractivity contribution in [2.75, 3.05) is 33.4 Å². The maximum atomic E-state index is 12.0. The highest BCUT2D eigenvalue weighted by Gasteiger charge is 2.33. The summed E-state index contributed by atoms with van der Waals surface area (Å²) in [5, 5.41) is 12.9. The maximum absolute atomic E-state index is 12.0. The number of amides is 2. The van der Waals surface area contributed by atoms with Crippen LogP contribution >= 0.6 is 0 Å². The first-order valence-corrected chi connectivity index (χ1v) is 8.24. The van der Waals surface area contributed by atoms with Crippen LogP contribution in [-0.2, 0) is 14.3 Å². The molecule has 2 unspecified atom stereocenters. The van der Waals surface area contributed by atoms with Crippen molar-refractivity contribution in [2.24, 2.45) is 11.8 Å². The summed E-state index contributed by atoms with van der Waals surface area (Å²) in [6.45, 7) is 7.89. The number of aliphatic hydroxyl groups is 1. The molecule has 7 nitrogen and oxygen atoms in total. The number of methoxy groups -OCH3 is 1. The number of carbonyl (C=O) groups is 2. The van der Waals surface area contributed by atoms with E-state index in [1.807, 2.05) is 13.8 Å². The summed E-state index contributed by atoms with van der Waals surface area (Å²) >= 11 is 0. The standard InChI is InChI=1S/C16H30N2O5/c1-11(2)9-17-15(20)14(19)12(3)18(16(21)22-4)10-13-5-7-23-8-6-13/h11-14,19H,5-10H2,1-4H3,(H,17,20). The third-order valence-electron chi connectivity index (χ3n) is 4.11. The first-order chi connectivity index (χ1) is 10.9. The molecule has 0 aromatic rings. The molecule has 0 bridgehead atoms. The Bertz CT molecular complexity index is 383. The van der Waals surface area contributed by atoms with Gasteiger partial charge < -0.3 is 24.8 Å². The fourth-order valence-corrected chi connectivity index (χ4v) is 2.53. The van der Waals surface area contributed by atoms with Crippen molar-refractivity contribution in [3.05, 3.63) is 0 Å². The van der Waals surface area contributed by atoms with Gasteiger partial charge in [-0.05, 0) is 31.6 Å². The number of rotatable bonds is 7. The number of nitrogens with zero attached hydrogens (tertiary/aromatic N) is 1. The molecule has 0 aromatic heterocycles. The molecule has 0 radical (unpaired) electrons. The zero-order valence-electron chi connectivity index (χ0n) is 14.6. The summed E-state index contributed by atoms with van der Waals surface area (Å²) in [6.07, 6.45) is -0.0986. The second kappa shape index (κ2) is 9.72. The summed E-state index contributed by atoms with van der Waals surface area (Å²) in [5.74, 6) is 0.115. The Morgan fingerprint density at radius 2 is 1.91 bits per heavy atom. The molecule has 134 valence electrons. The minimum Gasteiger partial charge on any atom is -0.453 e. The van der Waals surface area contributed by atoms with Gasteiger partial charge in [-0.15, -0.1) is 0 Å². The SMILES string of the molecule is COC(=O)N(CC1CCOCC1)C(C)C(O)C(=O)NCC(C)C. The Hall–Kier alpha value is -1.34. The van der Waals surface area contributed by atoms with Crippen molar-refractivity contribution in [1.29, 1.82) is 0 Å². The molecule has 1 aliphatic heterocycles. The van der Waals surface area contributed by atoms with E-state index in [0.29, 0.717) is 32.2 Å². The van der Waals surface area contributed by atoms with Crippen molar-refractivity contribution in [2.45, 2.75) is 45.8 Å². The van der Waals surface area contributed by atoms with Crippen LogP contribution in [0.5, 0.6) is 0 Å². The number of hydrogen-bond donors (Lipinski definition) is 2. The fourth-order valence-electron chi connectivity index (χ4n) is 2.53. The summed E-state index contributed by atoms with van der Waals surface area (Å²) in [4.78, 5) is 25.5. The first-order valence-electron chi connectivity index (χ1n) is 8.24. The van der Waals surface area contributed by atoms with Gasteiger partial charge in [-0.25, -0.2) is 4.79 Å². The van der Waals surface area contributed by atoms with Crippen molar-refractivity contribution < 1.29 is 24.2 Å². The Morgan fingerprint density at radius 1 is 1.30 bits per heavy atom. The largest absolute Gasteiger partial charge is 0.453 e. The van der Waals surface area contributed by atoms with E-state index in [0.717, 1.165) is 12.8 Å². The van der Waals surface area contributed by atoms with E-state index in [-0.39, 0.29) is 5.92 Å². The molecular formula is C16H30N2O5. The van der Waals surface area contributed by atoms with Gasteiger partial charge in [0.2, 0.25) is 0 Å². The topological polar surface area (TPSA) is 88.1 Å². The van der Waals surface area contributed by atoms with Crippen molar-refractivity contribution >= 4 is 12.0 Å². The number of nitrogens with one attached hydrogen (secondary N) is 1. The average molecular weight is 330 g/mol. The predicted molar refractivity (Wildman–Crippen MR) is 86.0 cm³/mol. The monoisotopic (exact) mass is 330 g/mol. The molecule has 1 fully saturated rings. The van der Waals surface area contributed by atoms with E-state index in [1.54, 1.807) is 6.92 Å². The van der Waals surface area contributed by atoms with Gasteiger partial charge in [0.05, 0.1) is 13.2 Å².